The van der Waals surface area contributed by atoms with Crippen molar-refractivity contribution in [2.45, 2.75) is 26.8 Å². The second-order valence-corrected chi connectivity index (χ2v) is 5.23. The zero-order valence-corrected chi connectivity index (χ0v) is 11.8. The number of carbonyl (C=O) groups is 1. The van der Waals surface area contributed by atoms with Crippen LogP contribution in [0, 0.1) is 5.92 Å². The first-order chi connectivity index (χ1) is 9.58. The van der Waals surface area contributed by atoms with Crippen LogP contribution in [0.3, 0.4) is 0 Å². The van der Waals surface area contributed by atoms with Gasteiger partial charge in [-0.2, -0.15) is 5.10 Å². The number of hydrogen-bond donors (Lipinski definition) is 1. The van der Waals surface area contributed by atoms with Gasteiger partial charge in [0.15, 0.2) is 0 Å². The van der Waals surface area contributed by atoms with Crippen LogP contribution in [0.1, 0.15) is 20.3 Å². The lowest BCUT2D eigenvalue weighted by molar-refractivity contribution is -0.121. The molecule has 0 unspecified atom stereocenters. The van der Waals surface area contributed by atoms with E-state index >= 15 is 0 Å². The van der Waals surface area contributed by atoms with Gasteiger partial charge in [0.05, 0.1) is 11.6 Å². The van der Waals surface area contributed by atoms with E-state index in [0.717, 1.165) is 11.8 Å². The van der Waals surface area contributed by atoms with Crippen molar-refractivity contribution in [3.05, 3.63) is 40.8 Å². The maximum Gasteiger partial charge on any atom is 0.275 e. The third-order valence-corrected chi connectivity index (χ3v) is 3.10. The van der Waals surface area contributed by atoms with E-state index in [9.17, 15) is 9.59 Å². The molecule has 5 heteroatoms. The summed E-state index contributed by atoms with van der Waals surface area (Å²) in [6.07, 6.45) is 2.53. The van der Waals surface area contributed by atoms with Gasteiger partial charge in [0.2, 0.25) is 5.91 Å². The molecule has 5 nitrogen and oxygen atoms in total. The Morgan fingerprint density at radius 3 is 2.85 bits per heavy atom. The number of nitrogens with one attached hydrogen (secondary N) is 1. The summed E-state index contributed by atoms with van der Waals surface area (Å²) in [6.45, 7) is 4.78. The molecule has 2 aromatic rings. The van der Waals surface area contributed by atoms with E-state index in [4.69, 9.17) is 0 Å². The molecule has 1 heterocycles. The first kappa shape index (κ1) is 14.2. The van der Waals surface area contributed by atoms with Gasteiger partial charge in [-0.1, -0.05) is 32.0 Å². The number of fused-ring (bicyclic) bond motifs is 1. The van der Waals surface area contributed by atoms with Crippen LogP contribution >= 0.6 is 0 Å². The van der Waals surface area contributed by atoms with Crippen molar-refractivity contribution in [3.63, 3.8) is 0 Å². The molecule has 0 aliphatic rings. The Labute approximate surface area is 117 Å². The second-order valence-electron chi connectivity index (χ2n) is 5.23. The van der Waals surface area contributed by atoms with E-state index in [-0.39, 0.29) is 18.0 Å². The molecule has 0 saturated carbocycles. The van der Waals surface area contributed by atoms with Crippen molar-refractivity contribution in [1.29, 1.82) is 0 Å². The van der Waals surface area contributed by atoms with E-state index < -0.39 is 0 Å². The van der Waals surface area contributed by atoms with Crippen molar-refractivity contribution >= 4 is 16.7 Å². The summed E-state index contributed by atoms with van der Waals surface area (Å²) in [6, 6.07) is 7.23. The largest absolute Gasteiger partial charge is 0.354 e. The highest BCUT2D eigenvalue weighted by molar-refractivity contribution is 5.81. The van der Waals surface area contributed by atoms with Crippen molar-refractivity contribution in [2.75, 3.05) is 6.54 Å². The number of aromatic nitrogens is 2. The molecule has 106 valence electrons. The average molecular weight is 273 g/mol. The molecule has 1 amide bonds. The fourth-order valence-electron chi connectivity index (χ4n) is 1.93. The Morgan fingerprint density at radius 2 is 2.10 bits per heavy atom. The highest BCUT2D eigenvalue weighted by atomic mass is 16.2. The Morgan fingerprint density at radius 1 is 1.35 bits per heavy atom. The third-order valence-electron chi connectivity index (χ3n) is 3.10. The summed E-state index contributed by atoms with van der Waals surface area (Å²) in [7, 11) is 0. The van der Waals surface area contributed by atoms with Gasteiger partial charge in [0, 0.05) is 11.9 Å². The summed E-state index contributed by atoms with van der Waals surface area (Å²) in [5.41, 5.74) is -0.234. The highest BCUT2D eigenvalue weighted by Gasteiger charge is 2.08. The van der Waals surface area contributed by atoms with Crippen LogP contribution < -0.4 is 10.9 Å². The van der Waals surface area contributed by atoms with Crippen LogP contribution in [-0.4, -0.2) is 22.2 Å². The molecule has 0 spiro atoms. The van der Waals surface area contributed by atoms with E-state index in [1.165, 1.54) is 4.68 Å². The Bertz CT molecular complexity index is 661. The predicted molar refractivity (Wildman–Crippen MR) is 78.5 cm³/mol. The summed E-state index contributed by atoms with van der Waals surface area (Å²) in [5, 5.41) is 8.20. The molecule has 0 saturated heterocycles. The van der Waals surface area contributed by atoms with Gasteiger partial charge in [-0.25, -0.2) is 4.68 Å². The molecular weight excluding hydrogens is 254 g/mol. The maximum absolute atomic E-state index is 12.2. The highest BCUT2D eigenvalue weighted by Crippen LogP contribution is 2.06. The van der Waals surface area contributed by atoms with Crippen molar-refractivity contribution in [2.24, 2.45) is 5.92 Å². The van der Waals surface area contributed by atoms with Crippen LogP contribution in [0.4, 0.5) is 0 Å². The molecular formula is C15H19N3O2. The van der Waals surface area contributed by atoms with Crippen LogP contribution in [-0.2, 0) is 11.3 Å². The average Bonchev–Trinajstić information content (AvgIpc) is 2.42. The summed E-state index contributed by atoms with van der Waals surface area (Å²) in [5.74, 6) is 0.354. The zero-order chi connectivity index (χ0) is 14.5. The quantitative estimate of drug-likeness (QED) is 0.899. The molecule has 20 heavy (non-hydrogen) atoms. The van der Waals surface area contributed by atoms with Crippen molar-refractivity contribution in [3.8, 4) is 0 Å². The standard InChI is InChI=1S/C15H19N3O2/c1-11(2)7-8-16-14(19)10-18-15(20)13-6-4-3-5-12(13)9-17-18/h3-6,9,11H,7-8,10H2,1-2H3,(H,16,19). The lowest BCUT2D eigenvalue weighted by Gasteiger charge is -2.08. The van der Waals surface area contributed by atoms with Gasteiger partial charge >= 0.3 is 0 Å². The lowest BCUT2D eigenvalue weighted by atomic mass is 10.1. The van der Waals surface area contributed by atoms with Gasteiger partial charge in [-0.3, -0.25) is 9.59 Å². The number of rotatable bonds is 5. The zero-order valence-electron chi connectivity index (χ0n) is 11.8. The summed E-state index contributed by atoms with van der Waals surface area (Å²) < 4.78 is 1.20. The predicted octanol–water partition coefficient (Wildman–Crippen LogP) is 1.56. The van der Waals surface area contributed by atoms with Crippen molar-refractivity contribution < 1.29 is 4.79 Å². The van der Waals surface area contributed by atoms with Gasteiger partial charge < -0.3 is 5.32 Å². The van der Waals surface area contributed by atoms with Crippen LogP contribution in [0.2, 0.25) is 0 Å². The monoisotopic (exact) mass is 273 g/mol. The van der Waals surface area contributed by atoms with E-state index in [2.05, 4.69) is 24.3 Å². The van der Waals surface area contributed by atoms with E-state index in [1.807, 2.05) is 12.1 Å². The van der Waals surface area contributed by atoms with Crippen LogP contribution in [0.15, 0.2) is 35.3 Å². The Hall–Kier alpha value is -2.17. The molecule has 0 fully saturated rings. The SMILES string of the molecule is CC(C)CCNC(=O)Cn1ncc2ccccc2c1=O. The molecule has 0 aliphatic heterocycles. The molecule has 1 aromatic heterocycles. The van der Waals surface area contributed by atoms with E-state index in [0.29, 0.717) is 17.8 Å². The van der Waals surface area contributed by atoms with Gasteiger partial charge in [0.1, 0.15) is 6.54 Å². The van der Waals surface area contributed by atoms with Gasteiger partial charge in [-0.15, -0.1) is 0 Å². The Kier molecular flexibility index (Phi) is 4.50. The number of nitrogens with zero attached hydrogens (tertiary/aromatic N) is 2. The number of benzene rings is 1. The van der Waals surface area contributed by atoms with Gasteiger partial charge in [0.25, 0.3) is 5.56 Å². The summed E-state index contributed by atoms with van der Waals surface area (Å²) >= 11 is 0. The van der Waals surface area contributed by atoms with Crippen molar-refractivity contribution in [1.82, 2.24) is 15.1 Å². The summed E-state index contributed by atoms with van der Waals surface area (Å²) in [4.78, 5) is 23.9. The minimum Gasteiger partial charge on any atom is -0.354 e. The fourth-order valence-corrected chi connectivity index (χ4v) is 1.93. The second kappa shape index (κ2) is 6.32. The molecule has 0 aliphatic carbocycles. The topological polar surface area (TPSA) is 64.0 Å². The smallest absolute Gasteiger partial charge is 0.275 e. The number of hydrogen-bond acceptors (Lipinski definition) is 3. The molecule has 1 aromatic carbocycles. The van der Waals surface area contributed by atoms with E-state index in [1.54, 1.807) is 18.3 Å². The molecule has 1 N–H and O–H groups in total. The van der Waals surface area contributed by atoms with Gasteiger partial charge in [-0.05, 0) is 18.4 Å². The molecule has 0 radical (unpaired) electrons. The lowest BCUT2D eigenvalue weighted by Crippen LogP contribution is -2.34. The minimum atomic E-state index is -0.234. The number of carbonyl (C=O) groups excluding carboxylic acids is 1. The Balaban J connectivity index is 2.08. The maximum atomic E-state index is 12.2. The fraction of sp³-hybridized carbons (Fsp3) is 0.400. The van der Waals surface area contributed by atoms with Crippen LogP contribution in [0.5, 0.6) is 0 Å². The first-order valence-electron chi connectivity index (χ1n) is 6.79. The molecule has 0 bridgehead atoms. The normalized spacial score (nSPS) is 10.9. The van der Waals surface area contributed by atoms with Crippen LogP contribution in [0.25, 0.3) is 10.8 Å². The minimum absolute atomic E-state index is 0.0399. The molecule has 0 atom stereocenters. The molecule has 2 rings (SSSR count). The number of amides is 1. The third kappa shape index (κ3) is 3.44. The first-order valence-corrected chi connectivity index (χ1v) is 6.79.